The molecule has 0 saturated heterocycles. The summed E-state index contributed by atoms with van der Waals surface area (Å²) in [4.78, 5) is 3.99. The summed E-state index contributed by atoms with van der Waals surface area (Å²) in [5.41, 5.74) is 6.67. The molecule has 66 valence electrons. The zero-order valence-electron chi connectivity index (χ0n) is 6.66. The van der Waals surface area contributed by atoms with E-state index in [1.54, 1.807) is 0 Å². The van der Waals surface area contributed by atoms with Crippen molar-refractivity contribution in [2.45, 2.75) is 5.75 Å². The Morgan fingerprint density at radius 2 is 2.42 bits per heavy atom. The highest BCUT2D eigenvalue weighted by molar-refractivity contribution is 9.10. The van der Waals surface area contributed by atoms with Crippen molar-refractivity contribution >= 4 is 27.7 Å². The minimum absolute atomic E-state index is 0.743. The van der Waals surface area contributed by atoms with Gasteiger partial charge in [-0.15, -0.1) is 0 Å². The molecular formula is C8H11BrN2S. The molecule has 0 aliphatic rings. The molecule has 1 heterocycles. The standard InChI is InChI=1S/C8H11BrN2S/c9-8-5-11-3-1-7(8)6-12-4-2-10/h1,3,5H,2,4,6,10H2. The van der Waals surface area contributed by atoms with Crippen LogP contribution in [0.25, 0.3) is 0 Å². The summed E-state index contributed by atoms with van der Waals surface area (Å²) in [5, 5.41) is 0. The van der Waals surface area contributed by atoms with E-state index in [2.05, 4.69) is 20.9 Å². The third kappa shape index (κ3) is 3.13. The van der Waals surface area contributed by atoms with Crippen LogP contribution in [0.15, 0.2) is 22.9 Å². The van der Waals surface area contributed by atoms with Crippen LogP contribution in [0.2, 0.25) is 0 Å². The van der Waals surface area contributed by atoms with Crippen LogP contribution in [0.5, 0.6) is 0 Å². The molecule has 0 radical (unpaired) electrons. The summed E-state index contributed by atoms with van der Waals surface area (Å²) < 4.78 is 1.08. The molecule has 0 bridgehead atoms. The molecule has 0 aromatic carbocycles. The van der Waals surface area contributed by atoms with Crippen LogP contribution >= 0.6 is 27.7 Å². The zero-order chi connectivity index (χ0) is 8.81. The normalized spacial score (nSPS) is 10.2. The summed E-state index contributed by atoms with van der Waals surface area (Å²) in [6.45, 7) is 0.743. The number of thioether (sulfide) groups is 1. The molecule has 0 fully saturated rings. The molecule has 0 unspecified atom stereocenters. The molecule has 0 atom stereocenters. The monoisotopic (exact) mass is 246 g/mol. The molecule has 0 amide bonds. The first-order chi connectivity index (χ1) is 5.84. The molecule has 0 aliphatic carbocycles. The maximum absolute atomic E-state index is 5.39. The third-order valence-corrected chi connectivity index (χ3v) is 3.13. The van der Waals surface area contributed by atoms with Crippen LogP contribution in [0.4, 0.5) is 0 Å². The lowest BCUT2D eigenvalue weighted by Crippen LogP contribution is -2.01. The molecule has 0 aliphatic heterocycles. The maximum Gasteiger partial charge on any atom is 0.0413 e. The smallest absolute Gasteiger partial charge is 0.0413 e. The highest BCUT2D eigenvalue weighted by Gasteiger charge is 1.97. The molecule has 0 saturated carbocycles. The molecule has 1 aromatic heterocycles. The van der Waals surface area contributed by atoms with Crippen LogP contribution in [-0.2, 0) is 5.75 Å². The Balaban J connectivity index is 2.46. The molecule has 12 heavy (non-hydrogen) atoms. The van der Waals surface area contributed by atoms with Gasteiger partial charge < -0.3 is 5.73 Å². The van der Waals surface area contributed by atoms with Crippen LogP contribution < -0.4 is 5.73 Å². The number of aromatic nitrogens is 1. The fraction of sp³-hybridized carbons (Fsp3) is 0.375. The van der Waals surface area contributed by atoms with E-state index in [0.29, 0.717) is 0 Å². The van der Waals surface area contributed by atoms with Gasteiger partial charge in [-0.2, -0.15) is 11.8 Å². The first-order valence-corrected chi connectivity index (χ1v) is 5.65. The zero-order valence-corrected chi connectivity index (χ0v) is 9.07. The second-order valence-corrected chi connectivity index (χ2v) is 4.27. The fourth-order valence-corrected chi connectivity index (χ4v) is 2.15. The Hall–Kier alpha value is -0.0600. The van der Waals surface area contributed by atoms with Crippen molar-refractivity contribution in [3.05, 3.63) is 28.5 Å². The second kappa shape index (κ2) is 5.56. The van der Waals surface area contributed by atoms with Crippen LogP contribution in [-0.4, -0.2) is 17.3 Å². The van der Waals surface area contributed by atoms with Crippen molar-refractivity contribution in [2.24, 2.45) is 5.73 Å². The molecular weight excluding hydrogens is 236 g/mol. The van der Waals surface area contributed by atoms with Crippen molar-refractivity contribution in [1.82, 2.24) is 4.98 Å². The first-order valence-electron chi connectivity index (χ1n) is 3.71. The second-order valence-electron chi connectivity index (χ2n) is 2.31. The average Bonchev–Trinajstić information content (AvgIpc) is 2.09. The summed E-state index contributed by atoms with van der Waals surface area (Å²) in [7, 11) is 0. The van der Waals surface area contributed by atoms with E-state index in [0.717, 1.165) is 22.5 Å². The first kappa shape index (κ1) is 10.0. The number of hydrogen-bond acceptors (Lipinski definition) is 3. The Morgan fingerprint density at radius 3 is 3.08 bits per heavy atom. The topological polar surface area (TPSA) is 38.9 Å². The van der Waals surface area contributed by atoms with Gasteiger partial charge >= 0.3 is 0 Å². The number of hydrogen-bond donors (Lipinski definition) is 1. The Bertz CT molecular complexity index is 242. The van der Waals surface area contributed by atoms with E-state index >= 15 is 0 Å². The van der Waals surface area contributed by atoms with Gasteiger partial charge in [-0.1, -0.05) is 0 Å². The minimum Gasteiger partial charge on any atom is -0.330 e. The van der Waals surface area contributed by atoms with E-state index in [9.17, 15) is 0 Å². The van der Waals surface area contributed by atoms with Crippen molar-refractivity contribution in [1.29, 1.82) is 0 Å². The van der Waals surface area contributed by atoms with Gasteiger partial charge in [0.15, 0.2) is 0 Å². The number of nitrogens with two attached hydrogens (primary N) is 1. The number of rotatable bonds is 4. The Labute approximate surface area is 85.1 Å². The van der Waals surface area contributed by atoms with Gasteiger partial charge in [0.25, 0.3) is 0 Å². The summed E-state index contributed by atoms with van der Waals surface area (Å²) in [6, 6.07) is 2.02. The number of pyridine rings is 1. The van der Waals surface area contributed by atoms with Gasteiger partial charge in [0.05, 0.1) is 0 Å². The minimum atomic E-state index is 0.743. The largest absolute Gasteiger partial charge is 0.330 e. The predicted octanol–water partition coefficient (Wildman–Crippen LogP) is 2.04. The highest BCUT2D eigenvalue weighted by atomic mass is 79.9. The highest BCUT2D eigenvalue weighted by Crippen LogP contribution is 2.19. The van der Waals surface area contributed by atoms with Crippen molar-refractivity contribution in [2.75, 3.05) is 12.3 Å². The van der Waals surface area contributed by atoms with Crippen molar-refractivity contribution in [3.63, 3.8) is 0 Å². The van der Waals surface area contributed by atoms with E-state index < -0.39 is 0 Å². The van der Waals surface area contributed by atoms with Crippen LogP contribution in [0.1, 0.15) is 5.56 Å². The van der Waals surface area contributed by atoms with E-state index in [-0.39, 0.29) is 0 Å². The number of halogens is 1. The van der Waals surface area contributed by atoms with E-state index in [4.69, 9.17) is 5.73 Å². The molecule has 1 rings (SSSR count). The lowest BCUT2D eigenvalue weighted by Gasteiger charge is -2.01. The summed E-state index contributed by atoms with van der Waals surface area (Å²) >= 11 is 5.28. The summed E-state index contributed by atoms with van der Waals surface area (Å²) in [5.74, 6) is 2.01. The number of nitrogens with zero attached hydrogens (tertiary/aromatic N) is 1. The van der Waals surface area contributed by atoms with E-state index in [1.807, 2.05) is 30.2 Å². The molecule has 1 aromatic rings. The van der Waals surface area contributed by atoms with Crippen molar-refractivity contribution < 1.29 is 0 Å². The molecule has 2 N–H and O–H groups in total. The predicted molar refractivity (Wildman–Crippen MR) is 57.2 cm³/mol. The summed E-state index contributed by atoms with van der Waals surface area (Å²) in [6.07, 6.45) is 3.63. The van der Waals surface area contributed by atoms with Gasteiger partial charge in [0, 0.05) is 34.9 Å². The van der Waals surface area contributed by atoms with Crippen LogP contribution in [0.3, 0.4) is 0 Å². The average molecular weight is 247 g/mol. The molecule has 2 nitrogen and oxygen atoms in total. The maximum atomic E-state index is 5.39. The van der Waals surface area contributed by atoms with Gasteiger partial charge in [-0.05, 0) is 27.6 Å². The van der Waals surface area contributed by atoms with Gasteiger partial charge in [-0.25, -0.2) is 0 Å². The van der Waals surface area contributed by atoms with Crippen molar-refractivity contribution in [3.8, 4) is 0 Å². The lowest BCUT2D eigenvalue weighted by atomic mass is 10.3. The van der Waals surface area contributed by atoms with E-state index in [1.165, 1.54) is 5.56 Å². The SMILES string of the molecule is NCCSCc1ccncc1Br. The molecule has 0 spiro atoms. The molecule has 4 heteroatoms. The third-order valence-electron chi connectivity index (χ3n) is 1.38. The van der Waals surface area contributed by atoms with Gasteiger partial charge in [-0.3, -0.25) is 4.98 Å². The van der Waals surface area contributed by atoms with Crippen LogP contribution in [0, 0.1) is 0 Å². The lowest BCUT2D eigenvalue weighted by molar-refractivity contribution is 1.15. The van der Waals surface area contributed by atoms with Gasteiger partial charge in [0.2, 0.25) is 0 Å². The fourth-order valence-electron chi connectivity index (χ4n) is 0.787. The Kier molecular flexibility index (Phi) is 4.65. The van der Waals surface area contributed by atoms with Gasteiger partial charge in [0.1, 0.15) is 0 Å². The quantitative estimate of drug-likeness (QED) is 0.827. The Morgan fingerprint density at radius 1 is 1.58 bits per heavy atom.